The fraction of sp³-hybridized carbons (Fsp3) is 0.353. The van der Waals surface area contributed by atoms with Gasteiger partial charge in [-0.25, -0.2) is 0 Å². The van der Waals surface area contributed by atoms with E-state index in [9.17, 15) is 19.5 Å². The van der Waals surface area contributed by atoms with Gasteiger partial charge in [-0.05, 0) is 37.8 Å². The number of para-hydroxylation sites is 1. The summed E-state index contributed by atoms with van der Waals surface area (Å²) in [4.78, 5) is 36.0. The molecule has 2 N–H and O–H groups in total. The summed E-state index contributed by atoms with van der Waals surface area (Å²) in [5.41, 5.74) is -0.204. The van der Waals surface area contributed by atoms with Gasteiger partial charge in [0.1, 0.15) is 17.1 Å². The van der Waals surface area contributed by atoms with Gasteiger partial charge in [-0.15, -0.1) is 0 Å². The molecule has 1 fully saturated rings. The number of hydrogen-bond donors (Lipinski definition) is 2. The first-order valence-corrected chi connectivity index (χ1v) is 7.61. The molecule has 1 saturated carbocycles. The number of carbonyl (C=O) groups excluding carboxylic acids is 2. The molecule has 2 aromatic rings. The maximum atomic E-state index is 12.7. The van der Waals surface area contributed by atoms with Gasteiger partial charge in [0.05, 0.1) is 12.1 Å². The predicted molar refractivity (Wildman–Crippen MR) is 85.6 cm³/mol. The molecular formula is C17H18N2O4. The van der Waals surface area contributed by atoms with Gasteiger partial charge in [0.25, 0.3) is 11.5 Å². The Hall–Kier alpha value is -2.63. The summed E-state index contributed by atoms with van der Waals surface area (Å²) < 4.78 is 1.55. The fourth-order valence-electron chi connectivity index (χ4n) is 2.63. The second-order valence-electron chi connectivity index (χ2n) is 5.98. The Bertz CT molecular complexity index is 850. The summed E-state index contributed by atoms with van der Waals surface area (Å²) in [6.45, 7) is 1.70. The van der Waals surface area contributed by atoms with Crippen molar-refractivity contribution in [3.63, 3.8) is 0 Å². The van der Waals surface area contributed by atoms with Crippen LogP contribution in [0.15, 0.2) is 29.1 Å². The average Bonchev–Trinajstić information content (AvgIpc) is 3.33. The molecule has 1 aliphatic rings. The molecule has 1 amide bonds. The van der Waals surface area contributed by atoms with Crippen molar-refractivity contribution in [3.05, 3.63) is 40.2 Å². The van der Waals surface area contributed by atoms with E-state index in [1.54, 1.807) is 28.8 Å². The molecule has 0 aliphatic heterocycles. The van der Waals surface area contributed by atoms with Crippen molar-refractivity contribution in [2.24, 2.45) is 5.92 Å². The average molecular weight is 314 g/mol. The number of nitrogens with one attached hydrogen (secondary N) is 1. The van der Waals surface area contributed by atoms with Crippen LogP contribution in [-0.4, -0.2) is 27.9 Å². The van der Waals surface area contributed by atoms with Crippen molar-refractivity contribution in [2.45, 2.75) is 26.3 Å². The lowest BCUT2D eigenvalue weighted by Gasteiger charge is -2.14. The summed E-state index contributed by atoms with van der Waals surface area (Å²) in [7, 11) is 0. The molecular weight excluding hydrogens is 296 g/mol. The van der Waals surface area contributed by atoms with Gasteiger partial charge in [-0.2, -0.15) is 0 Å². The Morgan fingerprint density at radius 3 is 2.65 bits per heavy atom. The van der Waals surface area contributed by atoms with E-state index in [0.29, 0.717) is 23.4 Å². The van der Waals surface area contributed by atoms with Gasteiger partial charge in [-0.3, -0.25) is 14.4 Å². The van der Waals surface area contributed by atoms with Gasteiger partial charge in [-0.1, -0.05) is 12.1 Å². The minimum absolute atomic E-state index is 0.173. The second-order valence-corrected chi connectivity index (χ2v) is 5.98. The van der Waals surface area contributed by atoms with E-state index >= 15 is 0 Å². The number of ketones is 1. The van der Waals surface area contributed by atoms with Crippen molar-refractivity contribution in [1.82, 2.24) is 9.88 Å². The van der Waals surface area contributed by atoms with Crippen molar-refractivity contribution in [2.75, 3.05) is 6.54 Å². The van der Waals surface area contributed by atoms with Crippen LogP contribution in [0.25, 0.3) is 10.9 Å². The first-order valence-electron chi connectivity index (χ1n) is 7.61. The van der Waals surface area contributed by atoms with E-state index in [1.807, 2.05) is 0 Å². The highest BCUT2D eigenvalue weighted by atomic mass is 16.3. The van der Waals surface area contributed by atoms with Gasteiger partial charge < -0.3 is 15.0 Å². The van der Waals surface area contributed by atoms with Crippen LogP contribution < -0.4 is 10.9 Å². The normalized spacial score (nSPS) is 14.0. The van der Waals surface area contributed by atoms with E-state index in [4.69, 9.17) is 0 Å². The zero-order valence-corrected chi connectivity index (χ0v) is 12.8. The molecule has 0 radical (unpaired) electrons. The van der Waals surface area contributed by atoms with Crippen molar-refractivity contribution >= 4 is 22.6 Å². The van der Waals surface area contributed by atoms with Gasteiger partial charge in [0.15, 0.2) is 0 Å². The van der Waals surface area contributed by atoms with Crippen LogP contribution in [0.3, 0.4) is 0 Å². The number of rotatable bonds is 5. The van der Waals surface area contributed by atoms with Crippen LogP contribution in [0.1, 0.15) is 30.1 Å². The molecule has 3 rings (SSSR count). The highest BCUT2D eigenvalue weighted by Gasteiger charge is 2.27. The molecule has 6 nitrogen and oxygen atoms in total. The van der Waals surface area contributed by atoms with E-state index in [2.05, 4.69) is 5.32 Å². The molecule has 1 aromatic carbocycles. The molecule has 0 spiro atoms. The van der Waals surface area contributed by atoms with Crippen LogP contribution >= 0.6 is 0 Å². The Kier molecular flexibility index (Phi) is 3.90. The minimum Gasteiger partial charge on any atom is -0.506 e. The number of fused-ring (bicyclic) bond motifs is 1. The van der Waals surface area contributed by atoms with Crippen molar-refractivity contribution in [3.8, 4) is 5.75 Å². The highest BCUT2D eigenvalue weighted by Crippen LogP contribution is 2.33. The maximum absolute atomic E-state index is 12.7. The zero-order valence-electron chi connectivity index (χ0n) is 12.8. The number of aromatic nitrogens is 1. The number of carbonyl (C=O) groups is 2. The largest absolute Gasteiger partial charge is 0.506 e. The molecule has 1 aliphatic carbocycles. The lowest BCUT2D eigenvalue weighted by atomic mass is 10.1. The lowest BCUT2D eigenvalue weighted by molar-refractivity contribution is -0.116. The molecule has 120 valence electrons. The number of pyridine rings is 1. The molecule has 0 atom stereocenters. The number of amides is 1. The third-order valence-electron chi connectivity index (χ3n) is 4.01. The number of hydrogen-bond acceptors (Lipinski definition) is 4. The van der Waals surface area contributed by atoms with Gasteiger partial charge in [0.2, 0.25) is 0 Å². The number of aromatic hydroxyl groups is 1. The smallest absolute Gasteiger partial charge is 0.267 e. The van der Waals surface area contributed by atoms with Crippen molar-refractivity contribution in [1.29, 1.82) is 0 Å². The Labute approximate surface area is 132 Å². The number of nitrogens with zero attached hydrogens (tertiary/aromatic N) is 1. The van der Waals surface area contributed by atoms with Gasteiger partial charge >= 0.3 is 0 Å². The quantitative estimate of drug-likeness (QED) is 0.874. The summed E-state index contributed by atoms with van der Waals surface area (Å²) in [6.07, 6.45) is 2.13. The van der Waals surface area contributed by atoms with Crippen LogP contribution in [0, 0.1) is 5.92 Å². The first kappa shape index (κ1) is 15.3. The van der Waals surface area contributed by atoms with E-state index in [1.165, 1.54) is 6.92 Å². The van der Waals surface area contributed by atoms with E-state index in [0.717, 1.165) is 12.8 Å². The molecule has 23 heavy (non-hydrogen) atoms. The van der Waals surface area contributed by atoms with E-state index in [-0.39, 0.29) is 23.6 Å². The van der Waals surface area contributed by atoms with Crippen LogP contribution in [0.5, 0.6) is 5.75 Å². The molecule has 6 heteroatoms. The van der Waals surface area contributed by atoms with Gasteiger partial charge in [0, 0.05) is 11.9 Å². The predicted octanol–water partition coefficient (Wildman–Crippen LogP) is 1.44. The first-order chi connectivity index (χ1) is 11.0. The topological polar surface area (TPSA) is 88.4 Å². The summed E-state index contributed by atoms with van der Waals surface area (Å²) >= 11 is 0. The Morgan fingerprint density at radius 2 is 2.00 bits per heavy atom. The monoisotopic (exact) mass is 314 g/mol. The highest BCUT2D eigenvalue weighted by molar-refractivity contribution is 6.03. The Balaban J connectivity index is 2.14. The maximum Gasteiger partial charge on any atom is 0.267 e. The third kappa shape index (κ3) is 2.97. The van der Waals surface area contributed by atoms with Crippen LogP contribution in [0.2, 0.25) is 0 Å². The lowest BCUT2D eigenvalue weighted by Crippen LogP contribution is -2.35. The second kappa shape index (κ2) is 5.87. The van der Waals surface area contributed by atoms with Crippen molar-refractivity contribution < 1.29 is 14.7 Å². The van der Waals surface area contributed by atoms with E-state index < -0.39 is 11.5 Å². The minimum atomic E-state index is -0.724. The SMILES string of the molecule is CC(=O)CNC(=O)c1c(O)c2ccccc2n(CC2CC2)c1=O. The van der Waals surface area contributed by atoms with Crippen LogP contribution in [0.4, 0.5) is 0 Å². The summed E-state index contributed by atoms with van der Waals surface area (Å²) in [5, 5.41) is 13.2. The zero-order chi connectivity index (χ0) is 16.6. The molecule has 0 bridgehead atoms. The fourth-order valence-corrected chi connectivity index (χ4v) is 2.63. The molecule has 0 saturated heterocycles. The van der Waals surface area contributed by atoms with Crippen LogP contribution in [-0.2, 0) is 11.3 Å². The molecule has 0 unspecified atom stereocenters. The number of benzene rings is 1. The molecule has 1 aromatic heterocycles. The number of Topliss-reactive ketones (excluding diaryl/α,β-unsaturated/α-hetero) is 1. The Morgan fingerprint density at radius 1 is 1.30 bits per heavy atom. The molecule has 1 heterocycles. The third-order valence-corrected chi connectivity index (χ3v) is 4.01. The standard InChI is InChI=1S/C17H18N2O4/c1-10(20)8-18-16(22)14-15(21)12-4-2-3-5-13(12)19(17(14)23)9-11-6-7-11/h2-5,11,21H,6-9H2,1H3,(H,18,22). The summed E-state index contributed by atoms with van der Waals surface area (Å²) in [6, 6.07) is 6.97. The summed E-state index contributed by atoms with van der Waals surface area (Å²) in [5.74, 6) is -0.845.